The quantitative estimate of drug-likeness (QED) is 0.653. The summed E-state index contributed by atoms with van der Waals surface area (Å²) in [7, 11) is -3.39. The largest absolute Gasteiger partial charge is 0.391 e. The first-order valence-electron chi connectivity index (χ1n) is 6.79. The van der Waals surface area contributed by atoms with E-state index in [1.807, 2.05) is 0 Å². The van der Waals surface area contributed by atoms with Crippen LogP contribution >= 0.6 is 11.3 Å². The number of sulfonamides is 1. The van der Waals surface area contributed by atoms with Gasteiger partial charge < -0.3 is 5.11 Å². The topological polar surface area (TPSA) is 66.4 Å². The minimum atomic E-state index is -3.39. The van der Waals surface area contributed by atoms with Gasteiger partial charge in [-0.05, 0) is 18.6 Å². The molecule has 0 aliphatic rings. The van der Waals surface area contributed by atoms with Crippen molar-refractivity contribution in [2.24, 2.45) is 0 Å². The summed E-state index contributed by atoms with van der Waals surface area (Å²) in [6.07, 6.45) is 6.82. The summed E-state index contributed by atoms with van der Waals surface area (Å²) in [4.78, 5) is 0.667. The number of unbranched alkanes of at least 4 members (excludes halogenated alkanes) is 5. The van der Waals surface area contributed by atoms with Gasteiger partial charge in [-0.15, -0.1) is 11.3 Å². The van der Waals surface area contributed by atoms with Crippen molar-refractivity contribution in [1.29, 1.82) is 0 Å². The predicted molar refractivity (Wildman–Crippen MR) is 78.8 cm³/mol. The van der Waals surface area contributed by atoms with Crippen LogP contribution in [0.4, 0.5) is 0 Å². The van der Waals surface area contributed by atoms with Gasteiger partial charge in [0.15, 0.2) is 0 Å². The van der Waals surface area contributed by atoms with E-state index in [-0.39, 0.29) is 10.8 Å². The monoisotopic (exact) mass is 305 g/mol. The fourth-order valence-corrected chi connectivity index (χ4v) is 4.11. The van der Waals surface area contributed by atoms with Gasteiger partial charge in [-0.2, -0.15) is 0 Å². The minimum absolute atomic E-state index is 0.113. The molecule has 1 heterocycles. The van der Waals surface area contributed by atoms with Crippen LogP contribution in [0.1, 0.15) is 50.3 Å². The van der Waals surface area contributed by atoms with E-state index in [2.05, 4.69) is 11.6 Å². The molecule has 0 aromatic carbocycles. The van der Waals surface area contributed by atoms with Crippen LogP contribution in [0, 0.1) is 0 Å². The zero-order valence-corrected chi connectivity index (χ0v) is 13.0. The zero-order chi connectivity index (χ0) is 14.1. The lowest BCUT2D eigenvalue weighted by atomic mass is 10.1. The summed E-state index contributed by atoms with van der Waals surface area (Å²) in [5, 5.41) is 8.93. The molecule has 1 aromatic rings. The summed E-state index contributed by atoms with van der Waals surface area (Å²) >= 11 is 1.11. The highest BCUT2D eigenvalue weighted by Crippen LogP contribution is 2.21. The highest BCUT2D eigenvalue weighted by molar-refractivity contribution is 7.91. The maximum atomic E-state index is 11.9. The Labute approximate surface area is 119 Å². The van der Waals surface area contributed by atoms with Gasteiger partial charge in [0.1, 0.15) is 4.21 Å². The second kappa shape index (κ2) is 8.68. The van der Waals surface area contributed by atoms with E-state index in [1.54, 1.807) is 12.1 Å². The van der Waals surface area contributed by atoms with E-state index < -0.39 is 10.0 Å². The highest BCUT2D eigenvalue weighted by Gasteiger charge is 2.15. The average molecular weight is 305 g/mol. The summed E-state index contributed by atoms with van der Waals surface area (Å²) < 4.78 is 26.7. The van der Waals surface area contributed by atoms with Gasteiger partial charge in [0.05, 0.1) is 6.61 Å². The normalized spacial score (nSPS) is 11.9. The van der Waals surface area contributed by atoms with Gasteiger partial charge >= 0.3 is 0 Å². The number of hydrogen-bond acceptors (Lipinski definition) is 4. The standard InChI is InChI=1S/C13H23NO3S2/c1-2-3-4-5-6-7-10-14-19(16,17)13-9-8-12(11-15)18-13/h8-9,14-15H,2-7,10-11H2,1H3. The maximum absolute atomic E-state index is 11.9. The molecular weight excluding hydrogens is 282 g/mol. The lowest BCUT2D eigenvalue weighted by Crippen LogP contribution is -2.23. The molecule has 0 bridgehead atoms. The Morgan fingerprint density at radius 3 is 2.47 bits per heavy atom. The van der Waals surface area contributed by atoms with Crippen molar-refractivity contribution in [3.8, 4) is 0 Å². The molecule has 19 heavy (non-hydrogen) atoms. The number of aliphatic hydroxyl groups excluding tert-OH is 1. The molecule has 0 aliphatic heterocycles. The van der Waals surface area contributed by atoms with Crippen LogP contribution in [0.2, 0.25) is 0 Å². The molecule has 6 heteroatoms. The molecule has 2 N–H and O–H groups in total. The molecule has 1 aromatic heterocycles. The summed E-state index contributed by atoms with van der Waals surface area (Å²) in [6, 6.07) is 3.18. The van der Waals surface area contributed by atoms with E-state index in [0.717, 1.165) is 24.2 Å². The van der Waals surface area contributed by atoms with Gasteiger partial charge in [0.2, 0.25) is 10.0 Å². The van der Waals surface area contributed by atoms with Crippen molar-refractivity contribution in [3.63, 3.8) is 0 Å². The number of nitrogens with one attached hydrogen (secondary N) is 1. The summed E-state index contributed by atoms with van der Waals surface area (Å²) in [5.74, 6) is 0. The Kier molecular flexibility index (Phi) is 7.60. The first-order chi connectivity index (χ1) is 9.10. The predicted octanol–water partition coefficient (Wildman–Crippen LogP) is 2.88. The molecule has 0 spiro atoms. The molecule has 110 valence electrons. The van der Waals surface area contributed by atoms with Gasteiger partial charge in [-0.3, -0.25) is 0 Å². The Bertz CT molecular complexity index is 454. The number of aliphatic hydroxyl groups is 1. The molecule has 0 saturated heterocycles. The maximum Gasteiger partial charge on any atom is 0.250 e. The number of thiophene rings is 1. The minimum Gasteiger partial charge on any atom is -0.391 e. The van der Waals surface area contributed by atoms with Crippen LogP contribution < -0.4 is 4.72 Å². The van der Waals surface area contributed by atoms with Crippen LogP contribution in [0.25, 0.3) is 0 Å². The smallest absolute Gasteiger partial charge is 0.250 e. The molecule has 0 amide bonds. The summed E-state index contributed by atoms with van der Waals surface area (Å²) in [5.41, 5.74) is 0. The number of hydrogen-bond donors (Lipinski definition) is 2. The highest BCUT2D eigenvalue weighted by atomic mass is 32.2. The molecule has 4 nitrogen and oxygen atoms in total. The van der Waals surface area contributed by atoms with Gasteiger partial charge in [0, 0.05) is 11.4 Å². The van der Waals surface area contributed by atoms with Crippen molar-refractivity contribution in [2.45, 2.75) is 56.3 Å². The average Bonchev–Trinajstić information content (AvgIpc) is 2.87. The van der Waals surface area contributed by atoms with Crippen molar-refractivity contribution in [1.82, 2.24) is 4.72 Å². The van der Waals surface area contributed by atoms with E-state index >= 15 is 0 Å². The van der Waals surface area contributed by atoms with Gasteiger partial charge in [-0.1, -0.05) is 39.0 Å². The van der Waals surface area contributed by atoms with E-state index in [9.17, 15) is 8.42 Å². The molecule has 0 aliphatic carbocycles. The molecule has 0 unspecified atom stereocenters. The third kappa shape index (κ3) is 6.03. The molecular formula is C13H23NO3S2. The number of rotatable bonds is 10. The Balaban J connectivity index is 2.27. The third-order valence-corrected chi connectivity index (χ3v) is 5.90. The fourth-order valence-electron chi connectivity index (χ4n) is 1.77. The van der Waals surface area contributed by atoms with Crippen molar-refractivity contribution < 1.29 is 13.5 Å². The zero-order valence-electron chi connectivity index (χ0n) is 11.4. The van der Waals surface area contributed by atoms with Crippen LogP contribution in [-0.4, -0.2) is 20.1 Å². The van der Waals surface area contributed by atoms with Crippen molar-refractivity contribution in [2.75, 3.05) is 6.54 Å². The lowest BCUT2D eigenvalue weighted by Gasteiger charge is -2.04. The lowest BCUT2D eigenvalue weighted by molar-refractivity contribution is 0.285. The van der Waals surface area contributed by atoms with Gasteiger partial charge in [-0.25, -0.2) is 13.1 Å². The first-order valence-corrected chi connectivity index (χ1v) is 9.09. The molecule has 0 fully saturated rings. The third-order valence-electron chi connectivity index (χ3n) is 2.88. The Morgan fingerprint density at radius 2 is 1.84 bits per heavy atom. The molecule has 0 saturated carbocycles. The van der Waals surface area contributed by atoms with Crippen molar-refractivity contribution in [3.05, 3.63) is 17.0 Å². The molecule has 0 atom stereocenters. The second-order valence-corrected chi connectivity index (χ2v) is 7.71. The van der Waals surface area contributed by atoms with Crippen molar-refractivity contribution >= 4 is 21.4 Å². The molecule has 0 radical (unpaired) electrons. The first kappa shape index (κ1) is 16.6. The second-order valence-electron chi connectivity index (χ2n) is 4.54. The van der Waals surface area contributed by atoms with Crippen LogP contribution in [-0.2, 0) is 16.6 Å². The van der Waals surface area contributed by atoms with Crippen LogP contribution in [0.15, 0.2) is 16.3 Å². The molecule has 1 rings (SSSR count). The Morgan fingerprint density at radius 1 is 1.16 bits per heavy atom. The van der Waals surface area contributed by atoms with E-state index in [4.69, 9.17) is 5.11 Å². The SMILES string of the molecule is CCCCCCCCNS(=O)(=O)c1ccc(CO)s1. The van der Waals surface area contributed by atoms with Crippen LogP contribution in [0.5, 0.6) is 0 Å². The van der Waals surface area contributed by atoms with E-state index in [0.29, 0.717) is 11.4 Å². The Hall–Kier alpha value is -0.430. The van der Waals surface area contributed by atoms with Crippen LogP contribution in [0.3, 0.4) is 0 Å². The summed E-state index contributed by atoms with van der Waals surface area (Å²) in [6.45, 7) is 2.55. The van der Waals surface area contributed by atoms with E-state index in [1.165, 1.54) is 25.7 Å². The fraction of sp³-hybridized carbons (Fsp3) is 0.692. The van der Waals surface area contributed by atoms with Gasteiger partial charge in [0.25, 0.3) is 0 Å².